The number of nitrogens with one attached hydrogen (secondary N) is 1. The minimum atomic E-state index is 0.303. The first-order valence-electron chi connectivity index (χ1n) is 7.84. The zero-order valence-corrected chi connectivity index (χ0v) is 12.5. The Hall–Kier alpha value is -1.35. The summed E-state index contributed by atoms with van der Waals surface area (Å²) in [6, 6.07) is 10.9. The molecule has 0 saturated carbocycles. The van der Waals surface area contributed by atoms with Crippen LogP contribution in [0.25, 0.3) is 0 Å². The lowest BCUT2D eigenvalue weighted by molar-refractivity contribution is -0.131. The summed E-state index contributed by atoms with van der Waals surface area (Å²) in [7, 11) is 0. The monoisotopic (exact) mass is 274 g/mol. The van der Waals surface area contributed by atoms with E-state index in [1.165, 1.54) is 18.4 Å². The SMILES string of the molecule is CCN(CC1CCCN1)C(=O)CCCc1ccccc1. The van der Waals surface area contributed by atoms with E-state index in [2.05, 4.69) is 36.5 Å². The first-order valence-corrected chi connectivity index (χ1v) is 7.84. The van der Waals surface area contributed by atoms with Crippen molar-refractivity contribution in [1.29, 1.82) is 0 Å². The van der Waals surface area contributed by atoms with Gasteiger partial charge in [-0.2, -0.15) is 0 Å². The van der Waals surface area contributed by atoms with E-state index in [1.807, 2.05) is 11.0 Å². The van der Waals surface area contributed by atoms with E-state index in [4.69, 9.17) is 0 Å². The molecule has 1 aliphatic heterocycles. The van der Waals surface area contributed by atoms with Gasteiger partial charge in [-0.1, -0.05) is 30.3 Å². The van der Waals surface area contributed by atoms with Crippen molar-refractivity contribution in [2.24, 2.45) is 0 Å². The summed E-state index contributed by atoms with van der Waals surface area (Å²) in [5, 5.41) is 3.46. The molecule has 1 aromatic carbocycles. The molecule has 1 heterocycles. The average Bonchev–Trinajstić information content (AvgIpc) is 2.98. The molecule has 1 amide bonds. The van der Waals surface area contributed by atoms with E-state index in [-0.39, 0.29) is 0 Å². The molecule has 2 rings (SSSR count). The molecular weight excluding hydrogens is 248 g/mol. The lowest BCUT2D eigenvalue weighted by Crippen LogP contribution is -2.40. The molecule has 0 bridgehead atoms. The zero-order chi connectivity index (χ0) is 14.2. The standard InChI is InChI=1S/C17H26N2O/c1-2-19(14-16-11-7-13-18-16)17(20)12-6-10-15-8-4-3-5-9-15/h3-5,8-9,16,18H,2,6-7,10-14H2,1H3. The van der Waals surface area contributed by atoms with Gasteiger partial charge in [0.05, 0.1) is 0 Å². The second-order valence-corrected chi connectivity index (χ2v) is 5.56. The Labute approximate surface area is 122 Å². The second kappa shape index (κ2) is 8.05. The van der Waals surface area contributed by atoms with E-state index in [1.54, 1.807) is 0 Å². The largest absolute Gasteiger partial charge is 0.341 e. The Morgan fingerprint density at radius 3 is 2.80 bits per heavy atom. The van der Waals surface area contributed by atoms with Crippen molar-refractivity contribution >= 4 is 5.91 Å². The van der Waals surface area contributed by atoms with Gasteiger partial charge in [0, 0.05) is 25.6 Å². The van der Waals surface area contributed by atoms with Crippen LogP contribution < -0.4 is 5.32 Å². The average molecular weight is 274 g/mol. The maximum atomic E-state index is 12.3. The molecule has 1 N–H and O–H groups in total. The van der Waals surface area contributed by atoms with E-state index >= 15 is 0 Å². The van der Waals surface area contributed by atoms with Crippen LogP contribution in [-0.4, -0.2) is 36.5 Å². The number of rotatable bonds is 7. The number of aryl methyl sites for hydroxylation is 1. The minimum absolute atomic E-state index is 0.303. The van der Waals surface area contributed by atoms with Crippen LogP contribution in [0.3, 0.4) is 0 Å². The molecule has 1 saturated heterocycles. The van der Waals surface area contributed by atoms with Gasteiger partial charge < -0.3 is 10.2 Å². The van der Waals surface area contributed by atoms with Crippen LogP contribution in [0, 0.1) is 0 Å². The van der Waals surface area contributed by atoms with Crippen LogP contribution in [-0.2, 0) is 11.2 Å². The molecule has 1 fully saturated rings. The number of likely N-dealkylation sites (N-methyl/N-ethyl adjacent to an activating group) is 1. The van der Waals surface area contributed by atoms with E-state index in [9.17, 15) is 4.79 Å². The summed E-state index contributed by atoms with van der Waals surface area (Å²) in [5.41, 5.74) is 1.32. The smallest absolute Gasteiger partial charge is 0.222 e. The van der Waals surface area contributed by atoms with Crippen LogP contribution in [0.2, 0.25) is 0 Å². The lowest BCUT2D eigenvalue weighted by Gasteiger charge is -2.24. The van der Waals surface area contributed by atoms with Crippen LogP contribution in [0.1, 0.15) is 38.2 Å². The van der Waals surface area contributed by atoms with Gasteiger partial charge in [-0.05, 0) is 44.7 Å². The maximum absolute atomic E-state index is 12.3. The third kappa shape index (κ3) is 4.64. The highest BCUT2D eigenvalue weighted by Gasteiger charge is 2.19. The molecule has 1 aliphatic rings. The van der Waals surface area contributed by atoms with Crippen molar-refractivity contribution < 1.29 is 4.79 Å². The van der Waals surface area contributed by atoms with Crippen molar-refractivity contribution in [3.8, 4) is 0 Å². The first-order chi connectivity index (χ1) is 9.79. The predicted octanol–water partition coefficient (Wildman–Crippen LogP) is 2.61. The summed E-state index contributed by atoms with van der Waals surface area (Å²) >= 11 is 0. The number of nitrogens with zero attached hydrogens (tertiary/aromatic N) is 1. The molecule has 0 spiro atoms. The van der Waals surface area contributed by atoms with Gasteiger partial charge >= 0.3 is 0 Å². The predicted molar refractivity (Wildman–Crippen MR) is 82.7 cm³/mol. The second-order valence-electron chi connectivity index (χ2n) is 5.56. The van der Waals surface area contributed by atoms with Gasteiger partial charge in [-0.25, -0.2) is 0 Å². The van der Waals surface area contributed by atoms with Gasteiger partial charge in [0.15, 0.2) is 0 Å². The normalized spacial score (nSPS) is 18.1. The Kier molecular flexibility index (Phi) is 6.06. The van der Waals surface area contributed by atoms with Crippen LogP contribution in [0.5, 0.6) is 0 Å². The number of amides is 1. The van der Waals surface area contributed by atoms with E-state index < -0.39 is 0 Å². The van der Waals surface area contributed by atoms with Crippen molar-refractivity contribution in [3.05, 3.63) is 35.9 Å². The summed E-state index contributed by atoms with van der Waals surface area (Å²) in [5.74, 6) is 0.303. The number of carbonyl (C=O) groups excluding carboxylic acids is 1. The summed E-state index contributed by atoms with van der Waals surface area (Å²) in [6.07, 6.45) is 5.04. The topological polar surface area (TPSA) is 32.3 Å². The van der Waals surface area contributed by atoms with Gasteiger partial charge in [-0.3, -0.25) is 4.79 Å². The first kappa shape index (κ1) is 15.0. The fourth-order valence-corrected chi connectivity index (χ4v) is 2.83. The summed E-state index contributed by atoms with van der Waals surface area (Å²) in [4.78, 5) is 14.3. The molecule has 0 aromatic heterocycles. The molecule has 1 atom stereocenters. The molecule has 0 aliphatic carbocycles. The number of carbonyl (C=O) groups is 1. The van der Waals surface area contributed by atoms with Gasteiger partial charge in [0.1, 0.15) is 0 Å². The number of hydrogen-bond acceptors (Lipinski definition) is 2. The molecule has 1 unspecified atom stereocenters. The van der Waals surface area contributed by atoms with Crippen molar-refractivity contribution in [1.82, 2.24) is 10.2 Å². The highest BCUT2D eigenvalue weighted by molar-refractivity contribution is 5.76. The molecule has 3 nitrogen and oxygen atoms in total. The number of hydrogen-bond donors (Lipinski definition) is 1. The Bertz CT molecular complexity index is 399. The van der Waals surface area contributed by atoms with E-state index in [0.717, 1.165) is 32.5 Å². The summed E-state index contributed by atoms with van der Waals surface area (Å²) in [6.45, 7) is 4.87. The maximum Gasteiger partial charge on any atom is 0.222 e. The molecule has 20 heavy (non-hydrogen) atoms. The lowest BCUT2D eigenvalue weighted by atomic mass is 10.1. The molecule has 3 heteroatoms. The van der Waals surface area contributed by atoms with Crippen molar-refractivity contribution in [2.75, 3.05) is 19.6 Å². The number of benzene rings is 1. The van der Waals surface area contributed by atoms with Crippen molar-refractivity contribution in [2.45, 2.75) is 45.1 Å². The third-order valence-electron chi connectivity index (χ3n) is 4.04. The summed E-state index contributed by atoms with van der Waals surface area (Å²) < 4.78 is 0. The quantitative estimate of drug-likeness (QED) is 0.829. The Balaban J connectivity index is 1.71. The van der Waals surface area contributed by atoms with Crippen LogP contribution >= 0.6 is 0 Å². The fraction of sp³-hybridized carbons (Fsp3) is 0.588. The van der Waals surface area contributed by atoms with Gasteiger partial charge in [-0.15, -0.1) is 0 Å². The van der Waals surface area contributed by atoms with Gasteiger partial charge in [0.25, 0.3) is 0 Å². The molecule has 110 valence electrons. The fourth-order valence-electron chi connectivity index (χ4n) is 2.83. The van der Waals surface area contributed by atoms with Crippen LogP contribution in [0.15, 0.2) is 30.3 Å². The Morgan fingerprint density at radius 2 is 2.15 bits per heavy atom. The molecule has 1 aromatic rings. The van der Waals surface area contributed by atoms with E-state index in [0.29, 0.717) is 18.4 Å². The minimum Gasteiger partial charge on any atom is -0.341 e. The van der Waals surface area contributed by atoms with Crippen LogP contribution in [0.4, 0.5) is 0 Å². The highest BCUT2D eigenvalue weighted by Crippen LogP contribution is 2.10. The van der Waals surface area contributed by atoms with Crippen molar-refractivity contribution in [3.63, 3.8) is 0 Å². The third-order valence-corrected chi connectivity index (χ3v) is 4.04. The Morgan fingerprint density at radius 1 is 1.35 bits per heavy atom. The molecule has 0 radical (unpaired) electrons. The zero-order valence-electron chi connectivity index (χ0n) is 12.5. The van der Waals surface area contributed by atoms with Gasteiger partial charge in [0.2, 0.25) is 5.91 Å². The highest BCUT2D eigenvalue weighted by atomic mass is 16.2. The molecular formula is C17H26N2O.